The molecular formula is C14H25N5. The van der Waals surface area contributed by atoms with Crippen LogP contribution in [0.2, 0.25) is 0 Å². The lowest BCUT2D eigenvalue weighted by atomic mass is 10.1. The summed E-state index contributed by atoms with van der Waals surface area (Å²) in [4.78, 5) is 7.07. The van der Waals surface area contributed by atoms with E-state index in [0.29, 0.717) is 12.0 Å². The summed E-state index contributed by atoms with van der Waals surface area (Å²) in [6.45, 7) is 9.84. The van der Waals surface area contributed by atoms with Crippen molar-refractivity contribution in [2.75, 3.05) is 25.0 Å². The van der Waals surface area contributed by atoms with Gasteiger partial charge in [0.2, 0.25) is 5.95 Å². The van der Waals surface area contributed by atoms with E-state index < -0.39 is 0 Å². The molecule has 1 aliphatic rings. The average molecular weight is 263 g/mol. The molecule has 1 aromatic heterocycles. The van der Waals surface area contributed by atoms with Crippen molar-refractivity contribution in [2.45, 2.75) is 52.5 Å². The fourth-order valence-corrected chi connectivity index (χ4v) is 2.64. The molecule has 0 amide bonds. The Kier molecular flexibility index (Phi) is 5.07. The number of likely N-dealkylation sites (N-methyl/N-ethyl adjacent to an activating group) is 1. The van der Waals surface area contributed by atoms with E-state index in [1.54, 1.807) is 0 Å². The Hall–Kier alpha value is -1.23. The monoisotopic (exact) mass is 263 g/mol. The van der Waals surface area contributed by atoms with Crippen molar-refractivity contribution < 1.29 is 0 Å². The number of piperidine rings is 1. The van der Waals surface area contributed by atoms with Crippen LogP contribution in [0.15, 0.2) is 0 Å². The fraction of sp³-hybridized carbons (Fsp3) is 0.786. The Bertz CT molecular complexity index is 407. The molecule has 0 aliphatic carbocycles. The standard InChI is InChI=1S/C14H25N5/c1-4-12-13(5-2)17-18-14(16-12)15-11-8-7-9-19(6-3)10-11/h11H,4-10H2,1-3H3,(H,15,16,18). The van der Waals surface area contributed by atoms with Crippen LogP contribution in [0.3, 0.4) is 0 Å². The minimum Gasteiger partial charge on any atom is -0.349 e. The highest BCUT2D eigenvalue weighted by Gasteiger charge is 2.19. The van der Waals surface area contributed by atoms with Gasteiger partial charge in [0.25, 0.3) is 0 Å². The van der Waals surface area contributed by atoms with Crippen molar-refractivity contribution in [3.63, 3.8) is 0 Å². The van der Waals surface area contributed by atoms with Crippen molar-refractivity contribution in [3.05, 3.63) is 11.4 Å². The SMILES string of the molecule is CCc1nnc(NC2CCCN(CC)C2)nc1CC. The smallest absolute Gasteiger partial charge is 0.243 e. The predicted molar refractivity (Wildman–Crippen MR) is 77.3 cm³/mol. The van der Waals surface area contributed by atoms with Crippen molar-refractivity contribution in [2.24, 2.45) is 0 Å². The average Bonchev–Trinajstić information content (AvgIpc) is 2.47. The highest BCUT2D eigenvalue weighted by Crippen LogP contribution is 2.14. The first kappa shape index (κ1) is 14.2. The van der Waals surface area contributed by atoms with Crippen molar-refractivity contribution in [1.29, 1.82) is 0 Å². The van der Waals surface area contributed by atoms with E-state index >= 15 is 0 Å². The number of aryl methyl sites for hydroxylation is 2. The second-order valence-electron chi connectivity index (χ2n) is 5.11. The molecule has 5 nitrogen and oxygen atoms in total. The Labute approximate surface area is 115 Å². The molecular weight excluding hydrogens is 238 g/mol. The number of nitrogens with one attached hydrogen (secondary N) is 1. The van der Waals surface area contributed by atoms with Crippen molar-refractivity contribution in [1.82, 2.24) is 20.1 Å². The third-order valence-electron chi connectivity index (χ3n) is 3.80. The minimum atomic E-state index is 0.452. The molecule has 5 heteroatoms. The third kappa shape index (κ3) is 3.62. The molecule has 1 aromatic rings. The van der Waals surface area contributed by atoms with Gasteiger partial charge in [0.1, 0.15) is 0 Å². The predicted octanol–water partition coefficient (Wildman–Crippen LogP) is 1.89. The third-order valence-corrected chi connectivity index (χ3v) is 3.80. The molecule has 1 aliphatic heterocycles. The van der Waals surface area contributed by atoms with E-state index in [0.717, 1.165) is 37.3 Å². The maximum Gasteiger partial charge on any atom is 0.243 e. The molecule has 1 atom stereocenters. The second kappa shape index (κ2) is 6.80. The van der Waals surface area contributed by atoms with Gasteiger partial charge in [-0.25, -0.2) is 4.98 Å². The highest BCUT2D eigenvalue weighted by molar-refractivity contribution is 5.27. The molecule has 0 saturated carbocycles. The molecule has 19 heavy (non-hydrogen) atoms. The summed E-state index contributed by atoms with van der Waals surface area (Å²) >= 11 is 0. The van der Waals surface area contributed by atoms with Crippen LogP contribution in [-0.2, 0) is 12.8 Å². The molecule has 1 fully saturated rings. The van der Waals surface area contributed by atoms with E-state index in [4.69, 9.17) is 0 Å². The molecule has 2 rings (SSSR count). The zero-order chi connectivity index (χ0) is 13.7. The van der Waals surface area contributed by atoms with Gasteiger partial charge in [0, 0.05) is 12.6 Å². The first-order valence-electron chi connectivity index (χ1n) is 7.48. The molecule has 0 spiro atoms. The first-order chi connectivity index (χ1) is 9.26. The lowest BCUT2D eigenvalue weighted by Crippen LogP contribution is -2.42. The van der Waals surface area contributed by atoms with Gasteiger partial charge in [-0.05, 0) is 38.8 Å². The van der Waals surface area contributed by atoms with Crippen LogP contribution >= 0.6 is 0 Å². The Morgan fingerprint density at radius 1 is 1.16 bits per heavy atom. The van der Waals surface area contributed by atoms with Crippen molar-refractivity contribution in [3.8, 4) is 0 Å². The minimum absolute atomic E-state index is 0.452. The van der Waals surface area contributed by atoms with E-state index in [1.807, 2.05) is 0 Å². The van der Waals surface area contributed by atoms with Crippen LogP contribution < -0.4 is 5.32 Å². The molecule has 0 radical (unpaired) electrons. The topological polar surface area (TPSA) is 53.9 Å². The number of hydrogen-bond donors (Lipinski definition) is 1. The fourth-order valence-electron chi connectivity index (χ4n) is 2.64. The summed E-state index contributed by atoms with van der Waals surface area (Å²) in [6, 6.07) is 0.452. The first-order valence-corrected chi connectivity index (χ1v) is 7.48. The summed E-state index contributed by atoms with van der Waals surface area (Å²) in [6.07, 6.45) is 4.25. The Morgan fingerprint density at radius 3 is 2.63 bits per heavy atom. The maximum atomic E-state index is 4.60. The lowest BCUT2D eigenvalue weighted by molar-refractivity contribution is 0.226. The molecule has 0 aromatic carbocycles. The zero-order valence-corrected chi connectivity index (χ0v) is 12.3. The highest BCUT2D eigenvalue weighted by atomic mass is 15.3. The summed E-state index contributed by atoms with van der Waals surface area (Å²) in [7, 11) is 0. The molecule has 0 bridgehead atoms. The van der Waals surface area contributed by atoms with E-state index in [1.165, 1.54) is 19.4 Å². The lowest BCUT2D eigenvalue weighted by Gasteiger charge is -2.32. The molecule has 2 heterocycles. The summed E-state index contributed by atoms with van der Waals surface area (Å²) < 4.78 is 0. The van der Waals surface area contributed by atoms with Crippen molar-refractivity contribution >= 4 is 5.95 Å². The molecule has 1 unspecified atom stereocenters. The summed E-state index contributed by atoms with van der Waals surface area (Å²) in [5, 5.41) is 11.9. The van der Waals surface area contributed by atoms with Crippen LogP contribution in [0, 0.1) is 0 Å². The van der Waals surface area contributed by atoms with Gasteiger partial charge in [-0.15, -0.1) is 5.10 Å². The van der Waals surface area contributed by atoms with E-state index in [9.17, 15) is 0 Å². The molecule has 1 saturated heterocycles. The largest absolute Gasteiger partial charge is 0.349 e. The number of hydrogen-bond acceptors (Lipinski definition) is 5. The number of rotatable bonds is 5. The molecule has 1 N–H and O–H groups in total. The van der Waals surface area contributed by atoms with Gasteiger partial charge in [0.05, 0.1) is 11.4 Å². The summed E-state index contributed by atoms with van der Waals surface area (Å²) in [5.41, 5.74) is 2.09. The van der Waals surface area contributed by atoms with Gasteiger partial charge in [-0.2, -0.15) is 5.10 Å². The normalized spacial score (nSPS) is 20.5. The molecule has 106 valence electrons. The van der Waals surface area contributed by atoms with Gasteiger partial charge in [0.15, 0.2) is 0 Å². The van der Waals surface area contributed by atoms with Crippen LogP contribution in [0.1, 0.15) is 45.0 Å². The van der Waals surface area contributed by atoms with Crippen LogP contribution in [0.4, 0.5) is 5.95 Å². The number of likely N-dealkylation sites (tertiary alicyclic amines) is 1. The van der Waals surface area contributed by atoms with Crippen LogP contribution in [-0.4, -0.2) is 45.8 Å². The van der Waals surface area contributed by atoms with Gasteiger partial charge < -0.3 is 10.2 Å². The van der Waals surface area contributed by atoms with Gasteiger partial charge in [-0.1, -0.05) is 20.8 Å². The Morgan fingerprint density at radius 2 is 1.95 bits per heavy atom. The number of nitrogens with zero attached hydrogens (tertiary/aromatic N) is 4. The van der Waals surface area contributed by atoms with E-state index in [-0.39, 0.29) is 0 Å². The Balaban J connectivity index is 2.02. The van der Waals surface area contributed by atoms with Crippen LogP contribution in [0.5, 0.6) is 0 Å². The van der Waals surface area contributed by atoms with Crippen LogP contribution in [0.25, 0.3) is 0 Å². The van der Waals surface area contributed by atoms with E-state index in [2.05, 4.69) is 46.2 Å². The zero-order valence-electron chi connectivity index (χ0n) is 12.3. The second-order valence-corrected chi connectivity index (χ2v) is 5.11. The quantitative estimate of drug-likeness (QED) is 0.879. The number of anilines is 1. The number of aromatic nitrogens is 3. The van der Waals surface area contributed by atoms with Gasteiger partial charge in [-0.3, -0.25) is 0 Å². The summed E-state index contributed by atoms with van der Waals surface area (Å²) in [5.74, 6) is 0.692. The maximum absolute atomic E-state index is 4.60. The van der Waals surface area contributed by atoms with Gasteiger partial charge >= 0.3 is 0 Å².